The van der Waals surface area contributed by atoms with Crippen LogP contribution in [0.4, 0.5) is 0 Å². The van der Waals surface area contributed by atoms with Crippen LogP contribution in [-0.4, -0.2) is 24.8 Å². The third-order valence-corrected chi connectivity index (χ3v) is 4.00. The van der Waals surface area contributed by atoms with Gasteiger partial charge in [0.2, 0.25) is 0 Å². The summed E-state index contributed by atoms with van der Waals surface area (Å²) in [5.74, 6) is 0.788. The Labute approximate surface area is 127 Å². The summed E-state index contributed by atoms with van der Waals surface area (Å²) in [5.41, 5.74) is 0.919. The Bertz CT molecular complexity index is 497. The molecule has 1 aliphatic rings. The molecule has 20 heavy (non-hydrogen) atoms. The Balaban J connectivity index is 2.15. The number of hydrogen-bond acceptors (Lipinski definition) is 3. The van der Waals surface area contributed by atoms with Crippen molar-refractivity contribution in [1.29, 1.82) is 0 Å². The van der Waals surface area contributed by atoms with Gasteiger partial charge in [-0.15, -0.1) is 0 Å². The normalized spacial score (nSPS) is 15.8. The van der Waals surface area contributed by atoms with Crippen LogP contribution in [0.15, 0.2) is 16.6 Å². The molecule has 0 radical (unpaired) electrons. The van der Waals surface area contributed by atoms with Gasteiger partial charge in [0.15, 0.2) is 11.5 Å². The van der Waals surface area contributed by atoms with E-state index in [0.717, 1.165) is 10.0 Å². The fourth-order valence-corrected chi connectivity index (χ4v) is 2.56. The second kappa shape index (κ2) is 6.48. The first-order valence-electron chi connectivity index (χ1n) is 6.73. The lowest BCUT2D eigenvalue weighted by Gasteiger charge is -2.15. The highest BCUT2D eigenvalue weighted by Gasteiger charge is 2.23. The van der Waals surface area contributed by atoms with Crippen LogP contribution in [0.5, 0.6) is 11.5 Å². The number of halogens is 1. The molecule has 4 nitrogen and oxygen atoms in total. The zero-order valence-corrected chi connectivity index (χ0v) is 13.3. The monoisotopic (exact) mass is 342 g/mol. The van der Waals surface area contributed by atoms with Crippen LogP contribution in [0, 0.1) is 11.8 Å². The van der Waals surface area contributed by atoms with Crippen LogP contribution in [0.2, 0.25) is 0 Å². The summed E-state index contributed by atoms with van der Waals surface area (Å²) in [7, 11) is 1.59. The second-order valence-electron chi connectivity index (χ2n) is 5.31. The van der Waals surface area contributed by atoms with Crippen molar-refractivity contribution in [3.63, 3.8) is 0 Å². The zero-order chi connectivity index (χ0) is 14.7. The summed E-state index contributed by atoms with van der Waals surface area (Å²) in [6.45, 7) is 2.40. The molecule has 5 heteroatoms. The number of carboxylic acids is 1. The lowest BCUT2D eigenvalue weighted by molar-refractivity contribution is -0.141. The number of rotatable bonds is 7. The smallest absolute Gasteiger partial charge is 0.306 e. The molecule has 1 aromatic rings. The molecule has 0 amide bonds. The average Bonchev–Trinajstić information content (AvgIpc) is 3.20. The molecule has 0 bridgehead atoms. The number of carbonyl (C=O) groups is 1. The van der Waals surface area contributed by atoms with Crippen molar-refractivity contribution >= 4 is 21.9 Å². The van der Waals surface area contributed by atoms with Gasteiger partial charge in [-0.3, -0.25) is 4.79 Å². The van der Waals surface area contributed by atoms with E-state index in [4.69, 9.17) is 14.6 Å². The van der Waals surface area contributed by atoms with Crippen LogP contribution in [0.1, 0.15) is 25.3 Å². The highest BCUT2D eigenvalue weighted by molar-refractivity contribution is 9.10. The standard InChI is InChI=1S/C15H19BrO4/c1-9(15(17)18)5-11-6-12(16)14(13(7-11)19-2)20-8-10-3-4-10/h6-7,9-10H,3-5,8H2,1-2H3,(H,17,18). The van der Waals surface area contributed by atoms with E-state index >= 15 is 0 Å². The van der Waals surface area contributed by atoms with Gasteiger partial charge in [-0.05, 0) is 58.8 Å². The predicted molar refractivity (Wildman–Crippen MR) is 79.4 cm³/mol. The maximum Gasteiger partial charge on any atom is 0.306 e. The van der Waals surface area contributed by atoms with Crippen LogP contribution in [-0.2, 0) is 11.2 Å². The molecule has 1 N–H and O–H groups in total. The van der Waals surface area contributed by atoms with Crippen molar-refractivity contribution in [2.24, 2.45) is 11.8 Å². The molecule has 1 unspecified atom stereocenters. The van der Waals surface area contributed by atoms with E-state index in [-0.39, 0.29) is 0 Å². The topological polar surface area (TPSA) is 55.8 Å². The van der Waals surface area contributed by atoms with Gasteiger partial charge in [-0.25, -0.2) is 0 Å². The Hall–Kier alpha value is -1.23. The summed E-state index contributed by atoms with van der Waals surface area (Å²) in [6, 6.07) is 3.76. The van der Waals surface area contributed by atoms with Gasteiger partial charge in [0.1, 0.15) is 0 Å². The number of methoxy groups -OCH3 is 1. The molecule has 0 heterocycles. The van der Waals surface area contributed by atoms with E-state index in [1.54, 1.807) is 14.0 Å². The molecule has 0 spiro atoms. The molecule has 0 aromatic heterocycles. The van der Waals surface area contributed by atoms with Crippen LogP contribution >= 0.6 is 15.9 Å². The summed E-state index contributed by atoms with van der Waals surface area (Å²) >= 11 is 3.48. The van der Waals surface area contributed by atoms with Gasteiger partial charge in [0.05, 0.1) is 24.1 Å². The second-order valence-corrected chi connectivity index (χ2v) is 6.16. The van der Waals surface area contributed by atoms with Gasteiger partial charge in [-0.2, -0.15) is 0 Å². The lowest BCUT2D eigenvalue weighted by atomic mass is 10.0. The van der Waals surface area contributed by atoms with E-state index in [9.17, 15) is 4.79 Å². The SMILES string of the molecule is COc1cc(CC(C)C(=O)O)cc(Br)c1OCC1CC1. The van der Waals surface area contributed by atoms with E-state index in [1.165, 1.54) is 12.8 Å². The molecule has 1 fully saturated rings. The van der Waals surface area contributed by atoms with Crippen LogP contribution in [0.25, 0.3) is 0 Å². The van der Waals surface area contributed by atoms with E-state index in [1.807, 2.05) is 12.1 Å². The minimum Gasteiger partial charge on any atom is -0.493 e. The third kappa shape index (κ3) is 3.88. The minimum atomic E-state index is -0.797. The van der Waals surface area contributed by atoms with Crippen molar-refractivity contribution in [2.45, 2.75) is 26.2 Å². The van der Waals surface area contributed by atoms with Gasteiger partial charge in [0, 0.05) is 0 Å². The van der Waals surface area contributed by atoms with Crippen molar-refractivity contribution in [3.8, 4) is 11.5 Å². The quantitative estimate of drug-likeness (QED) is 0.823. The molecule has 1 atom stereocenters. The molecule has 110 valence electrons. The largest absolute Gasteiger partial charge is 0.493 e. The Morgan fingerprint density at radius 3 is 2.75 bits per heavy atom. The average molecular weight is 343 g/mol. The molecule has 2 rings (SSSR count). The van der Waals surface area contributed by atoms with Crippen molar-refractivity contribution < 1.29 is 19.4 Å². The summed E-state index contributed by atoms with van der Waals surface area (Å²) in [6.07, 6.45) is 2.93. The summed E-state index contributed by atoms with van der Waals surface area (Å²) in [5, 5.41) is 8.98. The molecule has 1 aliphatic carbocycles. The first kappa shape index (κ1) is 15.2. The van der Waals surface area contributed by atoms with Gasteiger partial charge < -0.3 is 14.6 Å². The molecule has 1 saturated carbocycles. The predicted octanol–water partition coefficient (Wildman–Crippen LogP) is 3.51. The Morgan fingerprint density at radius 1 is 1.50 bits per heavy atom. The van der Waals surface area contributed by atoms with E-state index in [2.05, 4.69) is 15.9 Å². The Kier molecular flexibility index (Phi) is 4.91. The van der Waals surface area contributed by atoms with E-state index < -0.39 is 11.9 Å². The molecule has 0 saturated heterocycles. The van der Waals surface area contributed by atoms with Crippen molar-refractivity contribution in [1.82, 2.24) is 0 Å². The molecule has 0 aliphatic heterocycles. The molecular weight excluding hydrogens is 324 g/mol. The maximum absolute atomic E-state index is 10.9. The molecular formula is C15H19BrO4. The van der Waals surface area contributed by atoms with Crippen LogP contribution in [0.3, 0.4) is 0 Å². The van der Waals surface area contributed by atoms with E-state index in [0.29, 0.717) is 30.4 Å². The Morgan fingerprint density at radius 2 is 2.20 bits per heavy atom. The van der Waals surface area contributed by atoms with Crippen molar-refractivity contribution in [2.75, 3.05) is 13.7 Å². The number of hydrogen-bond donors (Lipinski definition) is 1. The lowest BCUT2D eigenvalue weighted by Crippen LogP contribution is -2.12. The third-order valence-electron chi connectivity index (χ3n) is 3.41. The minimum absolute atomic E-state index is 0.426. The van der Waals surface area contributed by atoms with Gasteiger partial charge in [-0.1, -0.05) is 6.92 Å². The first-order valence-corrected chi connectivity index (χ1v) is 7.52. The van der Waals surface area contributed by atoms with Gasteiger partial charge in [0.25, 0.3) is 0 Å². The van der Waals surface area contributed by atoms with Crippen molar-refractivity contribution in [3.05, 3.63) is 22.2 Å². The number of ether oxygens (including phenoxy) is 2. The van der Waals surface area contributed by atoms with Crippen LogP contribution < -0.4 is 9.47 Å². The summed E-state index contributed by atoms with van der Waals surface area (Å²) in [4.78, 5) is 10.9. The fraction of sp³-hybridized carbons (Fsp3) is 0.533. The van der Waals surface area contributed by atoms with Gasteiger partial charge >= 0.3 is 5.97 Å². The summed E-state index contributed by atoms with van der Waals surface area (Å²) < 4.78 is 12.0. The number of benzene rings is 1. The first-order chi connectivity index (χ1) is 9.51. The number of aliphatic carboxylic acids is 1. The zero-order valence-electron chi connectivity index (χ0n) is 11.7. The highest BCUT2D eigenvalue weighted by Crippen LogP contribution is 2.39. The fourth-order valence-electron chi connectivity index (χ4n) is 1.96. The highest BCUT2D eigenvalue weighted by atomic mass is 79.9. The maximum atomic E-state index is 10.9. The molecule has 1 aromatic carbocycles. The number of carboxylic acid groups (broad SMARTS) is 1.